The standard InChI is InChI=1S/C18H14N2O4S/c21-18-15-11-14(7-6-12(15)8-10-20-18)25(22,23)24-16-5-1-3-13-4-2-9-19-17(13)16/h1-7,9,11H,8,10H2,(H,20,21). The average molecular weight is 354 g/mol. The number of amides is 1. The summed E-state index contributed by atoms with van der Waals surface area (Å²) in [7, 11) is -4.08. The molecule has 1 aliphatic heterocycles. The first-order valence-electron chi connectivity index (χ1n) is 7.74. The number of nitrogens with zero attached hydrogens (tertiary/aromatic N) is 1. The van der Waals surface area contributed by atoms with Crippen molar-refractivity contribution in [3.05, 3.63) is 65.9 Å². The number of benzene rings is 2. The van der Waals surface area contributed by atoms with E-state index in [1.165, 1.54) is 12.1 Å². The molecule has 0 spiro atoms. The van der Waals surface area contributed by atoms with Crippen LogP contribution >= 0.6 is 0 Å². The Morgan fingerprint density at radius 3 is 2.80 bits per heavy atom. The van der Waals surface area contributed by atoms with Gasteiger partial charge >= 0.3 is 10.1 Å². The van der Waals surface area contributed by atoms with Crippen LogP contribution in [-0.2, 0) is 16.5 Å². The first kappa shape index (κ1) is 15.6. The molecular weight excluding hydrogens is 340 g/mol. The minimum atomic E-state index is -4.08. The van der Waals surface area contributed by atoms with Crippen LogP contribution in [0.5, 0.6) is 5.75 Å². The molecule has 1 N–H and O–H groups in total. The van der Waals surface area contributed by atoms with Crippen LogP contribution in [0, 0.1) is 0 Å². The molecular formula is C18H14N2O4S. The molecule has 0 saturated heterocycles. The highest BCUT2D eigenvalue weighted by molar-refractivity contribution is 7.87. The third-order valence-corrected chi connectivity index (χ3v) is 5.32. The summed E-state index contributed by atoms with van der Waals surface area (Å²) in [6.07, 6.45) is 2.25. The van der Waals surface area contributed by atoms with E-state index in [4.69, 9.17) is 4.18 Å². The first-order valence-corrected chi connectivity index (χ1v) is 9.15. The fraction of sp³-hybridized carbons (Fsp3) is 0.111. The molecule has 0 fully saturated rings. The molecule has 0 bridgehead atoms. The van der Waals surface area contributed by atoms with Crippen LogP contribution in [0.2, 0.25) is 0 Å². The van der Waals surface area contributed by atoms with E-state index < -0.39 is 10.1 Å². The van der Waals surface area contributed by atoms with Crippen LogP contribution in [0.1, 0.15) is 15.9 Å². The largest absolute Gasteiger partial charge is 0.377 e. The fourth-order valence-electron chi connectivity index (χ4n) is 2.86. The third-order valence-electron chi connectivity index (χ3n) is 4.09. The fourth-order valence-corrected chi connectivity index (χ4v) is 3.82. The van der Waals surface area contributed by atoms with Crippen LogP contribution in [-0.4, -0.2) is 25.9 Å². The predicted molar refractivity (Wildman–Crippen MR) is 92.0 cm³/mol. The van der Waals surface area contributed by atoms with Gasteiger partial charge in [-0.05, 0) is 36.2 Å². The van der Waals surface area contributed by atoms with E-state index in [1.54, 1.807) is 30.5 Å². The maximum Gasteiger partial charge on any atom is 0.339 e. The minimum Gasteiger partial charge on any atom is -0.377 e. The van der Waals surface area contributed by atoms with Crippen LogP contribution in [0.15, 0.2) is 59.6 Å². The van der Waals surface area contributed by atoms with Crippen molar-refractivity contribution in [3.8, 4) is 5.75 Å². The van der Waals surface area contributed by atoms with E-state index in [-0.39, 0.29) is 16.6 Å². The second-order valence-corrected chi connectivity index (χ2v) is 7.24. The van der Waals surface area contributed by atoms with E-state index >= 15 is 0 Å². The highest BCUT2D eigenvalue weighted by Crippen LogP contribution is 2.27. The van der Waals surface area contributed by atoms with Crippen molar-refractivity contribution in [1.82, 2.24) is 10.3 Å². The Hall–Kier alpha value is -2.93. The monoisotopic (exact) mass is 354 g/mol. The number of pyridine rings is 1. The Morgan fingerprint density at radius 1 is 1.08 bits per heavy atom. The Kier molecular flexibility index (Phi) is 3.65. The molecule has 1 aliphatic rings. The van der Waals surface area contributed by atoms with Gasteiger partial charge in [-0.3, -0.25) is 9.78 Å². The maximum absolute atomic E-state index is 12.7. The normalized spacial score (nSPS) is 14.0. The van der Waals surface area contributed by atoms with Crippen molar-refractivity contribution in [2.75, 3.05) is 6.54 Å². The first-order chi connectivity index (χ1) is 12.0. The molecule has 0 radical (unpaired) electrons. The molecule has 0 atom stereocenters. The number of fused-ring (bicyclic) bond motifs is 2. The van der Waals surface area contributed by atoms with Gasteiger partial charge in [0, 0.05) is 23.7 Å². The van der Waals surface area contributed by atoms with Crippen LogP contribution in [0.25, 0.3) is 10.9 Å². The molecule has 126 valence electrons. The summed E-state index contributed by atoms with van der Waals surface area (Å²) in [5.41, 5.74) is 1.66. The summed E-state index contributed by atoms with van der Waals surface area (Å²) in [5.74, 6) is -0.120. The third kappa shape index (κ3) is 2.83. The van der Waals surface area contributed by atoms with Gasteiger partial charge in [0.25, 0.3) is 5.91 Å². The molecule has 1 aromatic heterocycles. The summed E-state index contributed by atoms with van der Waals surface area (Å²) in [5, 5.41) is 3.48. The van der Waals surface area contributed by atoms with Crippen molar-refractivity contribution < 1.29 is 17.4 Å². The highest BCUT2D eigenvalue weighted by atomic mass is 32.2. The van der Waals surface area contributed by atoms with Gasteiger partial charge in [-0.25, -0.2) is 0 Å². The molecule has 1 amide bonds. The van der Waals surface area contributed by atoms with Gasteiger partial charge < -0.3 is 9.50 Å². The summed E-state index contributed by atoms with van der Waals surface area (Å²) in [6, 6.07) is 13.2. The van der Waals surface area contributed by atoms with Crippen molar-refractivity contribution >= 4 is 26.9 Å². The summed E-state index contributed by atoms with van der Waals surface area (Å²) < 4.78 is 30.6. The van der Waals surface area contributed by atoms with Gasteiger partial charge in [0.1, 0.15) is 10.4 Å². The number of rotatable bonds is 3. The number of carbonyl (C=O) groups excluding carboxylic acids is 1. The van der Waals surface area contributed by atoms with Crippen molar-refractivity contribution in [2.24, 2.45) is 0 Å². The lowest BCUT2D eigenvalue weighted by Gasteiger charge is -2.17. The van der Waals surface area contributed by atoms with Crippen LogP contribution in [0.4, 0.5) is 0 Å². The Bertz CT molecular complexity index is 1090. The lowest BCUT2D eigenvalue weighted by atomic mass is 10.0. The van der Waals surface area contributed by atoms with E-state index in [1.807, 2.05) is 12.1 Å². The van der Waals surface area contributed by atoms with E-state index in [2.05, 4.69) is 10.3 Å². The average Bonchev–Trinajstić information content (AvgIpc) is 2.62. The van der Waals surface area contributed by atoms with Gasteiger partial charge in [-0.15, -0.1) is 0 Å². The van der Waals surface area contributed by atoms with E-state index in [0.717, 1.165) is 10.9 Å². The number of para-hydroxylation sites is 1. The number of hydrogen-bond donors (Lipinski definition) is 1. The zero-order valence-corrected chi connectivity index (χ0v) is 13.9. The summed E-state index contributed by atoms with van der Waals surface area (Å²) in [6.45, 7) is 0.552. The van der Waals surface area contributed by atoms with Gasteiger partial charge in [-0.1, -0.05) is 24.3 Å². The zero-order valence-electron chi connectivity index (χ0n) is 13.1. The number of aromatic nitrogens is 1. The maximum atomic E-state index is 12.7. The smallest absolute Gasteiger partial charge is 0.339 e. The van der Waals surface area contributed by atoms with Gasteiger partial charge in [0.2, 0.25) is 0 Å². The lowest BCUT2D eigenvalue weighted by molar-refractivity contribution is 0.0945. The summed E-state index contributed by atoms with van der Waals surface area (Å²) >= 11 is 0. The second kappa shape index (κ2) is 5.86. The lowest BCUT2D eigenvalue weighted by Crippen LogP contribution is -2.32. The molecule has 2 heterocycles. The predicted octanol–water partition coefficient (Wildman–Crippen LogP) is 2.29. The van der Waals surface area contributed by atoms with Gasteiger partial charge in [0.15, 0.2) is 5.75 Å². The van der Waals surface area contributed by atoms with E-state index in [0.29, 0.717) is 24.0 Å². The SMILES string of the molecule is O=C1NCCc2ccc(S(=O)(=O)Oc3cccc4cccnc34)cc21. The van der Waals surface area contributed by atoms with Crippen molar-refractivity contribution in [3.63, 3.8) is 0 Å². The van der Waals surface area contributed by atoms with E-state index in [9.17, 15) is 13.2 Å². The molecule has 2 aromatic carbocycles. The molecule has 0 saturated carbocycles. The topological polar surface area (TPSA) is 85.4 Å². The summed E-state index contributed by atoms with van der Waals surface area (Å²) in [4.78, 5) is 16.1. The quantitative estimate of drug-likeness (QED) is 0.730. The zero-order chi connectivity index (χ0) is 17.4. The van der Waals surface area contributed by atoms with Crippen LogP contribution in [0.3, 0.4) is 0 Å². The van der Waals surface area contributed by atoms with Crippen molar-refractivity contribution in [1.29, 1.82) is 0 Å². The molecule has 6 nitrogen and oxygen atoms in total. The molecule has 4 rings (SSSR count). The number of nitrogens with one attached hydrogen (secondary N) is 1. The molecule has 7 heteroatoms. The second-order valence-electron chi connectivity index (χ2n) is 5.69. The number of carbonyl (C=O) groups is 1. The Labute approximate surface area is 144 Å². The Balaban J connectivity index is 1.75. The molecule has 3 aromatic rings. The van der Waals surface area contributed by atoms with Crippen molar-refractivity contribution in [2.45, 2.75) is 11.3 Å². The molecule has 0 unspecified atom stereocenters. The van der Waals surface area contributed by atoms with Gasteiger partial charge in [-0.2, -0.15) is 8.42 Å². The van der Waals surface area contributed by atoms with Crippen LogP contribution < -0.4 is 9.50 Å². The number of hydrogen-bond acceptors (Lipinski definition) is 5. The molecule has 25 heavy (non-hydrogen) atoms. The minimum absolute atomic E-state index is 0.0590. The van der Waals surface area contributed by atoms with Gasteiger partial charge in [0.05, 0.1) is 0 Å². The Morgan fingerprint density at radius 2 is 1.92 bits per heavy atom. The molecule has 0 aliphatic carbocycles. The highest BCUT2D eigenvalue weighted by Gasteiger charge is 2.23.